The van der Waals surface area contributed by atoms with E-state index in [1.54, 1.807) is 48.1 Å². The third-order valence-electron chi connectivity index (χ3n) is 3.41. The molecule has 0 heterocycles. The molecule has 2 atom stereocenters. The van der Waals surface area contributed by atoms with Gasteiger partial charge in [0.2, 0.25) is 0 Å². The van der Waals surface area contributed by atoms with Crippen molar-refractivity contribution < 1.29 is 12.8 Å². The summed E-state index contributed by atoms with van der Waals surface area (Å²) in [5.41, 5.74) is 1.46. The first-order chi connectivity index (χ1) is 11.8. The van der Waals surface area contributed by atoms with Crippen molar-refractivity contribution in [1.82, 2.24) is 0 Å². The third kappa shape index (κ3) is 5.29. The molecule has 0 N–H and O–H groups in total. The van der Waals surface area contributed by atoms with Gasteiger partial charge in [-0.1, -0.05) is 30.0 Å². The molecule has 3 nitrogen and oxygen atoms in total. The van der Waals surface area contributed by atoms with Gasteiger partial charge in [-0.3, -0.25) is 4.21 Å². The summed E-state index contributed by atoms with van der Waals surface area (Å²) in [6, 6.07) is 11.6. The summed E-state index contributed by atoms with van der Waals surface area (Å²) in [5, 5.41) is 10.1. The Bertz CT molecular complexity index is 1030. The minimum atomic E-state index is -2.40. The van der Waals surface area contributed by atoms with Crippen molar-refractivity contribution in [3.05, 3.63) is 65.0 Å². The molecule has 2 rings (SSSR count). The van der Waals surface area contributed by atoms with Gasteiger partial charge in [-0.15, -0.1) is 0 Å². The lowest BCUT2D eigenvalue weighted by atomic mass is 10.1. The SMILES string of the molecule is C=S(C)(=O)c1ccccc1C#Cc1ccc(CCS(=O)C#N)c(F)c1. The van der Waals surface area contributed by atoms with Crippen LogP contribution in [0, 0.1) is 28.3 Å². The Morgan fingerprint density at radius 2 is 1.96 bits per heavy atom. The number of aryl methyl sites for hydroxylation is 1. The highest BCUT2D eigenvalue weighted by Gasteiger charge is 2.07. The molecule has 0 saturated heterocycles. The van der Waals surface area contributed by atoms with Gasteiger partial charge in [-0.25, -0.2) is 8.60 Å². The number of nitrogens with zero attached hydrogens (tertiary/aromatic N) is 1. The normalized spacial score (nSPS) is 13.8. The van der Waals surface area contributed by atoms with E-state index >= 15 is 0 Å². The van der Waals surface area contributed by atoms with E-state index in [9.17, 15) is 12.8 Å². The van der Waals surface area contributed by atoms with Gasteiger partial charge in [0.25, 0.3) is 0 Å². The van der Waals surface area contributed by atoms with Gasteiger partial charge < -0.3 is 0 Å². The first-order valence-corrected chi connectivity index (χ1v) is 10.8. The van der Waals surface area contributed by atoms with Gasteiger partial charge in [0.15, 0.2) is 5.40 Å². The average Bonchev–Trinajstić information content (AvgIpc) is 2.58. The van der Waals surface area contributed by atoms with Crippen LogP contribution in [0.4, 0.5) is 4.39 Å². The van der Waals surface area contributed by atoms with Gasteiger partial charge in [0.1, 0.15) is 16.6 Å². The lowest BCUT2D eigenvalue weighted by Crippen LogP contribution is -2.01. The fraction of sp³-hybridized carbons (Fsp3) is 0.158. The Morgan fingerprint density at radius 1 is 1.24 bits per heavy atom. The van der Waals surface area contributed by atoms with Crippen molar-refractivity contribution >= 4 is 26.2 Å². The Morgan fingerprint density at radius 3 is 2.60 bits per heavy atom. The Kier molecular flexibility index (Phi) is 6.14. The first kappa shape index (κ1) is 18.9. The summed E-state index contributed by atoms with van der Waals surface area (Å²) in [6.07, 6.45) is 1.77. The number of rotatable bonds is 4. The summed E-state index contributed by atoms with van der Waals surface area (Å²) < 4.78 is 37.4. The van der Waals surface area contributed by atoms with E-state index < -0.39 is 26.1 Å². The molecule has 0 radical (unpaired) electrons. The Hall–Kier alpha value is -2.41. The second-order valence-corrected chi connectivity index (χ2v) is 9.18. The predicted molar refractivity (Wildman–Crippen MR) is 101 cm³/mol. The fourth-order valence-electron chi connectivity index (χ4n) is 2.16. The number of halogens is 1. The zero-order chi connectivity index (χ0) is 18.4. The maximum absolute atomic E-state index is 14.1. The number of thiocyanates is 1. The van der Waals surface area contributed by atoms with Crippen LogP contribution in [0.2, 0.25) is 0 Å². The molecule has 0 aromatic heterocycles. The van der Waals surface area contributed by atoms with Crippen LogP contribution in [0.15, 0.2) is 47.4 Å². The van der Waals surface area contributed by atoms with Gasteiger partial charge in [0.05, 0.1) is 0 Å². The average molecular weight is 373 g/mol. The summed E-state index contributed by atoms with van der Waals surface area (Å²) in [5.74, 6) is 9.10. The minimum Gasteiger partial charge on any atom is -0.263 e. The van der Waals surface area contributed by atoms with Gasteiger partial charge in [-0.2, -0.15) is 5.26 Å². The van der Waals surface area contributed by atoms with E-state index in [1.165, 1.54) is 6.07 Å². The highest BCUT2D eigenvalue weighted by molar-refractivity contribution is 7.99. The van der Waals surface area contributed by atoms with Crippen LogP contribution in [-0.4, -0.2) is 26.3 Å². The quantitative estimate of drug-likeness (QED) is 0.470. The van der Waals surface area contributed by atoms with Gasteiger partial charge >= 0.3 is 0 Å². The standard InChI is InChI=1S/C19H16FNO2S2/c1-25(2,23)19-6-4-3-5-17(19)10-8-15-7-9-16(18(20)13-15)11-12-24(22)14-21/h3-7,9,13H,1,11-12H2,2H3. The molecule has 128 valence electrons. The molecule has 0 fully saturated rings. The molecular weight excluding hydrogens is 357 g/mol. The molecule has 2 unspecified atom stereocenters. The van der Waals surface area contributed by atoms with Crippen LogP contribution in [-0.2, 0) is 26.7 Å². The summed E-state index contributed by atoms with van der Waals surface area (Å²) >= 11 is 0. The lowest BCUT2D eigenvalue weighted by molar-refractivity contribution is 0.611. The molecular formula is C19H16FNO2S2. The highest BCUT2D eigenvalue weighted by atomic mass is 32.2. The second-order valence-electron chi connectivity index (χ2n) is 5.45. The van der Waals surface area contributed by atoms with E-state index in [-0.39, 0.29) is 12.2 Å². The van der Waals surface area contributed by atoms with Crippen LogP contribution < -0.4 is 0 Å². The molecule has 2 aromatic carbocycles. The zero-order valence-corrected chi connectivity index (χ0v) is 15.3. The van der Waals surface area contributed by atoms with E-state index in [4.69, 9.17) is 5.26 Å². The van der Waals surface area contributed by atoms with Gasteiger partial charge in [-0.05, 0) is 51.6 Å². The summed E-state index contributed by atoms with van der Waals surface area (Å²) in [4.78, 5) is 0.568. The van der Waals surface area contributed by atoms with E-state index in [0.29, 0.717) is 21.6 Å². The molecule has 6 heteroatoms. The van der Waals surface area contributed by atoms with Crippen LogP contribution in [0.1, 0.15) is 16.7 Å². The number of nitriles is 1. The molecule has 0 amide bonds. The van der Waals surface area contributed by atoms with Gasteiger partial charge in [0, 0.05) is 28.0 Å². The smallest absolute Gasteiger partial charge is 0.165 e. The monoisotopic (exact) mass is 373 g/mol. The Labute approximate surface area is 150 Å². The van der Waals surface area contributed by atoms with Crippen molar-refractivity contribution in [2.24, 2.45) is 0 Å². The summed E-state index contributed by atoms with van der Waals surface area (Å²) in [6.45, 7) is 0. The molecule has 0 aliphatic rings. The molecule has 0 spiro atoms. The van der Waals surface area contributed by atoms with Crippen molar-refractivity contribution in [3.63, 3.8) is 0 Å². The number of benzene rings is 2. The molecule has 0 bridgehead atoms. The lowest BCUT2D eigenvalue weighted by Gasteiger charge is -2.05. The second kappa shape index (κ2) is 8.11. The summed E-state index contributed by atoms with van der Waals surface area (Å²) in [7, 11) is -4.01. The van der Waals surface area contributed by atoms with E-state index in [0.717, 1.165) is 0 Å². The number of hydrogen-bond donors (Lipinski definition) is 0. The Balaban J connectivity index is 2.27. The topological polar surface area (TPSA) is 57.9 Å². The zero-order valence-electron chi connectivity index (χ0n) is 13.6. The van der Waals surface area contributed by atoms with Crippen LogP contribution in [0.25, 0.3) is 0 Å². The van der Waals surface area contributed by atoms with Crippen LogP contribution in [0.3, 0.4) is 0 Å². The fourth-order valence-corrected chi connectivity index (χ4v) is 3.61. The van der Waals surface area contributed by atoms with Crippen LogP contribution in [0.5, 0.6) is 0 Å². The first-order valence-electron chi connectivity index (χ1n) is 7.31. The van der Waals surface area contributed by atoms with E-state index in [2.05, 4.69) is 17.7 Å². The minimum absolute atomic E-state index is 0.0974. The molecule has 0 aliphatic carbocycles. The molecule has 25 heavy (non-hydrogen) atoms. The molecule has 0 aliphatic heterocycles. The third-order valence-corrected chi connectivity index (χ3v) is 5.47. The van der Waals surface area contributed by atoms with E-state index in [1.807, 2.05) is 0 Å². The van der Waals surface area contributed by atoms with Crippen LogP contribution >= 0.6 is 0 Å². The highest BCUT2D eigenvalue weighted by Crippen LogP contribution is 2.15. The van der Waals surface area contributed by atoms with Crippen molar-refractivity contribution in [2.75, 3.05) is 12.0 Å². The number of hydrogen-bond acceptors (Lipinski definition) is 3. The predicted octanol–water partition coefficient (Wildman–Crippen LogP) is 2.70. The molecule has 0 saturated carbocycles. The van der Waals surface area contributed by atoms with Crippen molar-refractivity contribution in [2.45, 2.75) is 11.3 Å². The maximum Gasteiger partial charge on any atom is 0.165 e. The largest absolute Gasteiger partial charge is 0.263 e. The van der Waals surface area contributed by atoms with Crippen molar-refractivity contribution in [3.8, 4) is 17.2 Å². The van der Waals surface area contributed by atoms with Crippen molar-refractivity contribution in [1.29, 1.82) is 5.26 Å². The molecule has 2 aromatic rings. The maximum atomic E-state index is 14.1.